The summed E-state index contributed by atoms with van der Waals surface area (Å²) in [7, 11) is 1.51. The second kappa shape index (κ2) is 12.7. The van der Waals surface area contributed by atoms with Crippen LogP contribution in [0.3, 0.4) is 0 Å². The molecule has 0 amide bonds. The van der Waals surface area contributed by atoms with Gasteiger partial charge in [-0.1, -0.05) is 11.8 Å². The first-order valence-electron chi connectivity index (χ1n) is 12.9. The van der Waals surface area contributed by atoms with Crippen molar-refractivity contribution in [3.8, 4) is 17.6 Å². The highest BCUT2D eigenvalue weighted by Gasteiger charge is 2.37. The second-order valence-corrected chi connectivity index (χ2v) is 10.2. The predicted molar refractivity (Wildman–Crippen MR) is 141 cm³/mol. The lowest BCUT2D eigenvalue weighted by Gasteiger charge is -2.41. The van der Waals surface area contributed by atoms with Crippen molar-refractivity contribution >= 4 is 16.9 Å². The largest absolute Gasteiger partial charge is 0.497 e. The maximum Gasteiger partial charge on any atom is 0.303 e. The van der Waals surface area contributed by atoms with Crippen LogP contribution in [0.25, 0.3) is 10.9 Å². The maximum absolute atomic E-state index is 13.9. The smallest absolute Gasteiger partial charge is 0.303 e. The highest BCUT2D eigenvalue weighted by molar-refractivity contribution is 5.85. The third-order valence-electron chi connectivity index (χ3n) is 7.59. The molecule has 6 nitrogen and oxygen atoms in total. The molecule has 1 aliphatic rings. The zero-order valence-electron chi connectivity index (χ0n) is 22.0. The third kappa shape index (κ3) is 6.72. The van der Waals surface area contributed by atoms with Gasteiger partial charge in [0.2, 0.25) is 0 Å². The number of likely N-dealkylation sites (tertiary alicyclic amines) is 1. The maximum atomic E-state index is 13.9. The van der Waals surface area contributed by atoms with Crippen molar-refractivity contribution in [1.29, 1.82) is 0 Å². The molecule has 0 aliphatic carbocycles. The zero-order valence-corrected chi connectivity index (χ0v) is 22.0. The van der Waals surface area contributed by atoms with Crippen molar-refractivity contribution in [2.45, 2.75) is 44.9 Å². The summed E-state index contributed by atoms with van der Waals surface area (Å²) >= 11 is 0. The number of aliphatic hydroxyl groups is 1. The number of halogens is 4. The van der Waals surface area contributed by atoms with Gasteiger partial charge in [0, 0.05) is 22.7 Å². The molecular formula is C30H30F4N2O4. The van der Waals surface area contributed by atoms with Crippen molar-refractivity contribution in [3.63, 3.8) is 0 Å². The number of carboxylic acids is 1. The summed E-state index contributed by atoms with van der Waals surface area (Å²) in [6.45, 7) is 0.557. The third-order valence-corrected chi connectivity index (χ3v) is 7.59. The highest BCUT2D eigenvalue weighted by Crippen LogP contribution is 2.42. The fraction of sp³-hybridized carbons (Fsp3) is 0.400. The summed E-state index contributed by atoms with van der Waals surface area (Å²) in [5, 5.41) is 21.4. The van der Waals surface area contributed by atoms with E-state index < -0.39 is 41.6 Å². The van der Waals surface area contributed by atoms with Crippen LogP contribution in [-0.2, 0) is 11.5 Å². The number of pyridine rings is 1. The molecule has 40 heavy (non-hydrogen) atoms. The van der Waals surface area contributed by atoms with E-state index in [-0.39, 0.29) is 30.5 Å². The van der Waals surface area contributed by atoms with E-state index in [0.717, 1.165) is 12.1 Å². The number of aromatic nitrogens is 1. The van der Waals surface area contributed by atoms with E-state index in [4.69, 9.17) is 4.74 Å². The number of nitrogens with zero attached hydrogens (tertiary/aromatic N) is 2. The summed E-state index contributed by atoms with van der Waals surface area (Å²) in [5.74, 6) is 0.928. The number of hydrogen-bond acceptors (Lipinski definition) is 5. The number of alkyl halides is 1. The molecule has 1 atom stereocenters. The van der Waals surface area contributed by atoms with Gasteiger partial charge < -0.3 is 14.9 Å². The zero-order chi connectivity index (χ0) is 28.9. The Hall–Kier alpha value is -3.68. The first-order valence-corrected chi connectivity index (χ1v) is 12.9. The Morgan fingerprint density at radius 3 is 2.50 bits per heavy atom. The minimum absolute atomic E-state index is 0.0246. The van der Waals surface area contributed by atoms with Crippen molar-refractivity contribution in [1.82, 2.24) is 9.88 Å². The number of ether oxygens (including phenoxy) is 1. The molecule has 4 rings (SSSR count). The van der Waals surface area contributed by atoms with Crippen LogP contribution in [0.2, 0.25) is 0 Å². The summed E-state index contributed by atoms with van der Waals surface area (Å²) in [6, 6.07) is 6.85. The van der Waals surface area contributed by atoms with Crippen LogP contribution in [0.4, 0.5) is 17.6 Å². The molecule has 1 fully saturated rings. The minimum Gasteiger partial charge on any atom is -0.497 e. The van der Waals surface area contributed by atoms with Crippen LogP contribution in [0.15, 0.2) is 36.5 Å². The van der Waals surface area contributed by atoms with Crippen molar-refractivity contribution in [3.05, 3.63) is 70.7 Å². The fourth-order valence-corrected chi connectivity index (χ4v) is 5.35. The van der Waals surface area contributed by atoms with Gasteiger partial charge in [-0.05, 0) is 80.1 Å². The topological polar surface area (TPSA) is 82.9 Å². The molecular weight excluding hydrogens is 528 g/mol. The lowest BCUT2D eigenvalue weighted by molar-refractivity contribution is -0.141. The quantitative estimate of drug-likeness (QED) is 0.204. The highest BCUT2D eigenvalue weighted by atomic mass is 19.2. The number of aliphatic carboxylic acids is 1. The second-order valence-electron chi connectivity index (χ2n) is 10.2. The molecule has 212 valence electrons. The Labute approximate surface area is 229 Å². The minimum atomic E-state index is -1.54. The van der Waals surface area contributed by atoms with E-state index in [9.17, 15) is 32.6 Å². The van der Waals surface area contributed by atoms with E-state index in [1.807, 2.05) is 4.90 Å². The molecule has 0 radical (unpaired) electrons. The van der Waals surface area contributed by atoms with Gasteiger partial charge >= 0.3 is 5.97 Å². The van der Waals surface area contributed by atoms with E-state index in [0.29, 0.717) is 54.6 Å². The van der Waals surface area contributed by atoms with Gasteiger partial charge in [0.05, 0.1) is 31.7 Å². The Kier molecular flexibility index (Phi) is 9.28. The van der Waals surface area contributed by atoms with Crippen LogP contribution >= 0.6 is 0 Å². The van der Waals surface area contributed by atoms with Crippen molar-refractivity contribution < 1.29 is 37.3 Å². The van der Waals surface area contributed by atoms with Gasteiger partial charge in [0.15, 0.2) is 17.5 Å². The molecule has 2 aromatic carbocycles. The average molecular weight is 559 g/mol. The normalized spacial score (nSPS) is 15.8. The fourth-order valence-electron chi connectivity index (χ4n) is 5.35. The summed E-state index contributed by atoms with van der Waals surface area (Å²) in [4.78, 5) is 18.1. The molecule has 0 bridgehead atoms. The molecule has 2 heterocycles. The Balaban J connectivity index is 1.45. The molecule has 1 aromatic heterocycles. The molecule has 0 saturated carbocycles. The predicted octanol–water partition coefficient (Wildman–Crippen LogP) is 5.55. The van der Waals surface area contributed by atoms with Gasteiger partial charge in [0.1, 0.15) is 12.4 Å². The van der Waals surface area contributed by atoms with Crippen molar-refractivity contribution in [2.24, 2.45) is 5.41 Å². The molecule has 0 unspecified atom stereocenters. The molecule has 10 heteroatoms. The van der Waals surface area contributed by atoms with Crippen LogP contribution in [0, 0.1) is 34.7 Å². The number of methoxy groups -OCH3 is 1. The lowest BCUT2D eigenvalue weighted by atomic mass is 9.71. The number of rotatable bonds is 9. The van der Waals surface area contributed by atoms with Gasteiger partial charge in [-0.15, -0.1) is 0 Å². The average Bonchev–Trinajstić information content (AvgIpc) is 2.94. The Bertz CT molecular complexity index is 1420. The van der Waals surface area contributed by atoms with Gasteiger partial charge in [-0.25, -0.2) is 17.6 Å². The SMILES string of the molecule is COc1ccc2ncc(CF)c([C@H](O)CCC3(CC(=O)O)CCN(CC#Cc4cc(F)c(F)c(F)c4)CC3)c2c1. The first kappa shape index (κ1) is 29.3. The number of piperidine rings is 1. The summed E-state index contributed by atoms with van der Waals surface area (Å²) in [5.41, 5.74) is 0.744. The molecule has 3 aromatic rings. The lowest BCUT2D eigenvalue weighted by Crippen LogP contribution is -2.41. The summed E-state index contributed by atoms with van der Waals surface area (Å²) < 4.78 is 59.1. The number of hydrogen-bond donors (Lipinski definition) is 2. The van der Waals surface area contributed by atoms with Crippen LogP contribution in [0.1, 0.15) is 54.9 Å². The number of aliphatic hydroxyl groups excluding tert-OH is 1. The Morgan fingerprint density at radius 1 is 1.18 bits per heavy atom. The van der Waals surface area contributed by atoms with Crippen LogP contribution < -0.4 is 4.74 Å². The van der Waals surface area contributed by atoms with Crippen LogP contribution in [0.5, 0.6) is 5.75 Å². The molecule has 0 spiro atoms. The van der Waals surface area contributed by atoms with E-state index in [1.165, 1.54) is 13.3 Å². The molecule has 1 saturated heterocycles. The summed E-state index contributed by atoms with van der Waals surface area (Å²) in [6.07, 6.45) is 2.02. The van der Waals surface area contributed by atoms with Gasteiger partial charge in [-0.2, -0.15) is 0 Å². The first-order chi connectivity index (χ1) is 19.1. The number of carbonyl (C=O) groups is 1. The van der Waals surface area contributed by atoms with E-state index in [2.05, 4.69) is 16.8 Å². The van der Waals surface area contributed by atoms with Gasteiger partial charge in [0.25, 0.3) is 0 Å². The van der Waals surface area contributed by atoms with E-state index >= 15 is 0 Å². The molecule has 2 N–H and O–H groups in total. The van der Waals surface area contributed by atoms with Gasteiger partial charge in [-0.3, -0.25) is 14.7 Å². The number of fused-ring (bicyclic) bond motifs is 1. The monoisotopic (exact) mass is 558 g/mol. The Morgan fingerprint density at radius 2 is 1.88 bits per heavy atom. The van der Waals surface area contributed by atoms with Crippen LogP contribution in [-0.4, -0.2) is 52.8 Å². The van der Waals surface area contributed by atoms with Crippen molar-refractivity contribution in [2.75, 3.05) is 26.7 Å². The van der Waals surface area contributed by atoms with E-state index in [1.54, 1.807) is 18.2 Å². The number of benzene rings is 2. The number of carboxylic acid groups (broad SMARTS) is 1. The molecule has 1 aliphatic heterocycles. The standard InChI is InChI=1S/C30H30F4N2O4/c1-40-21-4-5-25-22(15-21)28(20(17-31)18-35-25)26(37)6-7-30(16-27(38)39)8-11-36(12-9-30)10-2-3-19-13-23(32)29(34)24(33)14-19/h4-5,13-15,18,26,37H,6-12,16-17H2,1H3,(H,38,39)/t26-/m1/s1.